The normalized spacial score (nSPS) is 20.5. The predicted molar refractivity (Wildman–Crippen MR) is 77.2 cm³/mol. The monoisotopic (exact) mass is 263 g/mol. The van der Waals surface area contributed by atoms with Crippen LogP contribution in [-0.4, -0.2) is 29.1 Å². The molecule has 1 aromatic carbocycles. The van der Waals surface area contributed by atoms with Crippen LogP contribution in [0.2, 0.25) is 0 Å². The maximum Gasteiger partial charge on any atom is 0.298 e. The molecule has 0 amide bonds. The number of nitrogens with two attached hydrogens (primary N) is 1. The molecule has 1 aliphatic rings. The third-order valence-corrected chi connectivity index (χ3v) is 4.64. The van der Waals surface area contributed by atoms with E-state index in [1.807, 2.05) is 30.0 Å². The summed E-state index contributed by atoms with van der Waals surface area (Å²) < 4.78 is 5.81. The highest BCUT2D eigenvalue weighted by atomic mass is 32.2. The van der Waals surface area contributed by atoms with E-state index in [0.717, 1.165) is 36.0 Å². The third kappa shape index (κ3) is 2.14. The first-order valence-electron chi connectivity index (χ1n) is 6.29. The summed E-state index contributed by atoms with van der Waals surface area (Å²) in [6.45, 7) is 4.25. The SMILES string of the molecule is CCC1CN(c2nc3ccc(N)cc3o2)CCS1. The Balaban J connectivity index is 1.89. The molecule has 1 unspecified atom stereocenters. The summed E-state index contributed by atoms with van der Waals surface area (Å²) in [5.74, 6) is 1.14. The van der Waals surface area contributed by atoms with Crippen molar-refractivity contribution in [3.05, 3.63) is 18.2 Å². The van der Waals surface area contributed by atoms with Gasteiger partial charge < -0.3 is 15.1 Å². The van der Waals surface area contributed by atoms with Gasteiger partial charge in [-0.2, -0.15) is 16.7 Å². The highest BCUT2D eigenvalue weighted by Gasteiger charge is 2.22. The summed E-state index contributed by atoms with van der Waals surface area (Å²) in [5, 5.41) is 0.679. The van der Waals surface area contributed by atoms with Gasteiger partial charge in [-0.05, 0) is 18.6 Å². The van der Waals surface area contributed by atoms with Gasteiger partial charge in [-0.1, -0.05) is 6.92 Å². The molecule has 18 heavy (non-hydrogen) atoms. The van der Waals surface area contributed by atoms with Gasteiger partial charge in [0.05, 0.1) is 0 Å². The second-order valence-corrected chi connectivity index (χ2v) is 5.98. The van der Waals surface area contributed by atoms with Gasteiger partial charge in [-0.15, -0.1) is 0 Å². The lowest BCUT2D eigenvalue weighted by Crippen LogP contribution is -2.37. The second-order valence-electron chi connectivity index (χ2n) is 4.57. The minimum absolute atomic E-state index is 0.679. The van der Waals surface area contributed by atoms with Crippen LogP contribution >= 0.6 is 11.8 Å². The second kappa shape index (κ2) is 4.72. The van der Waals surface area contributed by atoms with E-state index in [9.17, 15) is 0 Å². The highest BCUT2D eigenvalue weighted by molar-refractivity contribution is 8.00. The molecule has 2 heterocycles. The fourth-order valence-electron chi connectivity index (χ4n) is 2.20. The highest BCUT2D eigenvalue weighted by Crippen LogP contribution is 2.28. The van der Waals surface area contributed by atoms with Gasteiger partial charge in [0.25, 0.3) is 6.01 Å². The maximum absolute atomic E-state index is 5.81. The van der Waals surface area contributed by atoms with Crippen LogP contribution in [0.3, 0.4) is 0 Å². The molecule has 3 rings (SSSR count). The van der Waals surface area contributed by atoms with Crippen molar-refractivity contribution >= 4 is 34.6 Å². The molecular formula is C13H17N3OS. The van der Waals surface area contributed by atoms with Crippen LogP contribution in [0.5, 0.6) is 0 Å². The number of hydrogen-bond acceptors (Lipinski definition) is 5. The summed E-state index contributed by atoms with van der Waals surface area (Å²) in [6, 6.07) is 6.33. The standard InChI is InChI=1S/C13H17N3OS/c1-2-10-8-16(5-6-18-10)13-15-11-4-3-9(14)7-12(11)17-13/h3-4,7,10H,2,5-6,8,14H2,1H3. The molecule has 0 aliphatic carbocycles. The lowest BCUT2D eigenvalue weighted by molar-refractivity contribution is 0.562. The zero-order chi connectivity index (χ0) is 12.5. The van der Waals surface area contributed by atoms with Crippen molar-refractivity contribution in [3.8, 4) is 0 Å². The number of rotatable bonds is 2. The van der Waals surface area contributed by atoms with E-state index in [-0.39, 0.29) is 0 Å². The molecule has 1 aliphatic heterocycles. The van der Waals surface area contributed by atoms with Crippen LogP contribution in [-0.2, 0) is 0 Å². The van der Waals surface area contributed by atoms with Crippen LogP contribution in [0, 0.1) is 0 Å². The average Bonchev–Trinajstić information content (AvgIpc) is 2.81. The average molecular weight is 263 g/mol. The smallest absolute Gasteiger partial charge is 0.298 e. The lowest BCUT2D eigenvalue weighted by Gasteiger charge is -2.30. The fraction of sp³-hybridized carbons (Fsp3) is 0.462. The number of anilines is 2. The Morgan fingerprint density at radius 3 is 3.28 bits per heavy atom. The topological polar surface area (TPSA) is 55.3 Å². The van der Waals surface area contributed by atoms with Crippen molar-refractivity contribution in [2.24, 2.45) is 0 Å². The number of nitrogen functional groups attached to an aromatic ring is 1. The first-order chi connectivity index (χ1) is 8.76. The zero-order valence-corrected chi connectivity index (χ0v) is 11.2. The van der Waals surface area contributed by atoms with Gasteiger partial charge in [0.2, 0.25) is 0 Å². The minimum Gasteiger partial charge on any atom is -0.423 e. The lowest BCUT2D eigenvalue weighted by atomic mass is 10.3. The van der Waals surface area contributed by atoms with Crippen LogP contribution < -0.4 is 10.6 Å². The van der Waals surface area contributed by atoms with Gasteiger partial charge in [0, 0.05) is 35.8 Å². The summed E-state index contributed by atoms with van der Waals surface area (Å²) >= 11 is 2.04. The largest absolute Gasteiger partial charge is 0.423 e. The summed E-state index contributed by atoms with van der Waals surface area (Å²) in [5.41, 5.74) is 8.12. The first-order valence-corrected chi connectivity index (χ1v) is 7.33. The maximum atomic E-state index is 5.81. The van der Waals surface area contributed by atoms with Crippen molar-refractivity contribution in [2.45, 2.75) is 18.6 Å². The predicted octanol–water partition coefficient (Wildman–Crippen LogP) is 2.74. The molecule has 0 spiro atoms. The Hall–Kier alpha value is -1.36. The first kappa shape index (κ1) is 11.7. The van der Waals surface area contributed by atoms with Crippen molar-refractivity contribution in [2.75, 3.05) is 29.5 Å². The fourth-order valence-corrected chi connectivity index (χ4v) is 3.38. The van der Waals surface area contributed by atoms with E-state index in [1.54, 1.807) is 0 Å². The molecule has 1 aromatic heterocycles. The molecule has 0 bridgehead atoms. The van der Waals surface area contributed by atoms with Crippen molar-refractivity contribution in [1.29, 1.82) is 0 Å². The molecule has 0 saturated carbocycles. The number of fused-ring (bicyclic) bond motifs is 1. The molecule has 1 saturated heterocycles. The van der Waals surface area contributed by atoms with Crippen LogP contribution in [0.1, 0.15) is 13.3 Å². The number of benzene rings is 1. The molecule has 1 atom stereocenters. The molecule has 96 valence electrons. The van der Waals surface area contributed by atoms with Crippen molar-refractivity contribution in [3.63, 3.8) is 0 Å². The van der Waals surface area contributed by atoms with Crippen LogP contribution in [0.4, 0.5) is 11.7 Å². The Labute approximate surface area is 111 Å². The van der Waals surface area contributed by atoms with Crippen molar-refractivity contribution < 1.29 is 4.42 Å². The summed E-state index contributed by atoms with van der Waals surface area (Å²) in [6.07, 6.45) is 1.19. The van der Waals surface area contributed by atoms with Crippen LogP contribution in [0.15, 0.2) is 22.6 Å². The van der Waals surface area contributed by atoms with Gasteiger partial charge in [-0.3, -0.25) is 0 Å². The Bertz CT molecular complexity index is 554. The molecule has 0 radical (unpaired) electrons. The summed E-state index contributed by atoms with van der Waals surface area (Å²) in [7, 11) is 0. The van der Waals surface area contributed by atoms with E-state index >= 15 is 0 Å². The Morgan fingerprint density at radius 2 is 2.44 bits per heavy atom. The van der Waals surface area contributed by atoms with Crippen molar-refractivity contribution in [1.82, 2.24) is 4.98 Å². The minimum atomic E-state index is 0.679. The molecule has 2 N–H and O–H groups in total. The summed E-state index contributed by atoms with van der Waals surface area (Å²) in [4.78, 5) is 6.78. The molecule has 1 fully saturated rings. The number of aromatic nitrogens is 1. The number of thioether (sulfide) groups is 1. The van der Waals surface area contributed by atoms with E-state index < -0.39 is 0 Å². The van der Waals surface area contributed by atoms with Gasteiger partial charge in [0.15, 0.2) is 5.58 Å². The molecule has 2 aromatic rings. The van der Waals surface area contributed by atoms with E-state index in [4.69, 9.17) is 10.2 Å². The van der Waals surface area contributed by atoms with Gasteiger partial charge in [0.1, 0.15) is 5.52 Å². The van der Waals surface area contributed by atoms with Gasteiger partial charge in [-0.25, -0.2) is 0 Å². The Kier molecular flexibility index (Phi) is 3.07. The van der Waals surface area contributed by atoms with Gasteiger partial charge >= 0.3 is 0 Å². The molecule has 4 nitrogen and oxygen atoms in total. The quantitative estimate of drug-likeness (QED) is 0.844. The van der Waals surface area contributed by atoms with E-state index in [1.165, 1.54) is 6.42 Å². The Morgan fingerprint density at radius 1 is 1.56 bits per heavy atom. The molecular weight excluding hydrogens is 246 g/mol. The van der Waals surface area contributed by atoms with E-state index in [2.05, 4.69) is 16.8 Å². The third-order valence-electron chi connectivity index (χ3n) is 3.27. The van der Waals surface area contributed by atoms with Crippen LogP contribution in [0.25, 0.3) is 11.1 Å². The number of nitrogens with zero attached hydrogens (tertiary/aromatic N) is 2. The zero-order valence-electron chi connectivity index (χ0n) is 10.4. The number of oxazole rings is 1. The van der Waals surface area contributed by atoms with E-state index in [0.29, 0.717) is 10.9 Å². The number of hydrogen-bond donors (Lipinski definition) is 1. The molecule has 5 heteroatoms.